The third kappa shape index (κ3) is 5.44. The first-order valence-electron chi connectivity index (χ1n) is 8.86. The summed E-state index contributed by atoms with van der Waals surface area (Å²) in [6.45, 7) is 1.67. The van der Waals surface area contributed by atoms with Crippen molar-refractivity contribution >= 4 is 63.4 Å². The highest BCUT2D eigenvalue weighted by atomic mass is 35.5. The number of halogens is 2. The van der Waals surface area contributed by atoms with E-state index in [1.165, 1.54) is 16.3 Å². The lowest BCUT2D eigenvalue weighted by Gasteiger charge is -2.09. The van der Waals surface area contributed by atoms with Crippen LogP contribution in [0.4, 0.5) is 0 Å². The van der Waals surface area contributed by atoms with Gasteiger partial charge in [-0.05, 0) is 36.8 Å². The minimum absolute atomic E-state index is 0.0395. The smallest absolute Gasteiger partial charge is 0.281 e. The Labute approximate surface area is 196 Å². The second kappa shape index (κ2) is 9.80. The third-order valence-corrected chi connectivity index (χ3v) is 6.88. The van der Waals surface area contributed by atoms with Crippen LogP contribution in [0.2, 0.25) is 10.0 Å². The Morgan fingerprint density at radius 1 is 1.06 bits per heavy atom. The highest BCUT2D eigenvalue weighted by Crippen LogP contribution is 2.40. The number of aromatic hydroxyl groups is 1. The average molecular weight is 497 g/mol. The zero-order valence-corrected chi connectivity index (χ0v) is 19.8. The fourth-order valence-corrected chi connectivity index (χ4v) is 4.63. The average Bonchev–Trinajstić information content (AvgIpc) is 3.35. The quantitative estimate of drug-likeness (QED) is 0.335. The van der Waals surface area contributed by atoms with Crippen molar-refractivity contribution in [1.29, 1.82) is 0 Å². The van der Waals surface area contributed by atoms with E-state index < -0.39 is 5.91 Å². The number of hydrazine groups is 1. The molecule has 0 unspecified atom stereocenters. The number of carbonyl (C=O) groups excluding carboxylic acids is 2. The summed E-state index contributed by atoms with van der Waals surface area (Å²) in [5, 5.41) is 18.8. The maximum Gasteiger partial charge on any atom is 0.281 e. The van der Waals surface area contributed by atoms with Crippen LogP contribution in [0.1, 0.15) is 31.8 Å². The molecule has 0 aliphatic rings. The van der Waals surface area contributed by atoms with Gasteiger partial charge in [0.15, 0.2) is 0 Å². The molecule has 162 valence electrons. The summed E-state index contributed by atoms with van der Waals surface area (Å²) in [5.41, 5.74) is 6.71. The van der Waals surface area contributed by atoms with Gasteiger partial charge in [-0.25, -0.2) is 10.4 Å². The normalized spacial score (nSPS) is 11.6. The van der Waals surface area contributed by atoms with Gasteiger partial charge >= 0.3 is 0 Å². The van der Waals surface area contributed by atoms with E-state index in [0.717, 1.165) is 16.9 Å². The maximum atomic E-state index is 12.4. The van der Waals surface area contributed by atoms with Crippen molar-refractivity contribution < 1.29 is 14.7 Å². The summed E-state index contributed by atoms with van der Waals surface area (Å²) in [5.74, 6) is -0.711. The fourth-order valence-electron chi connectivity index (χ4n) is 2.54. The SMILES string of the molecule is C/C(=N/NC(=O)c1ccc(C(=O)NN(C)C)s1)c1csc(-c2ccc(Cl)c(Cl)c2)c1O. The molecule has 2 heterocycles. The largest absolute Gasteiger partial charge is 0.506 e. The molecule has 0 atom stereocenters. The number of nitrogens with one attached hydrogen (secondary N) is 2. The minimum atomic E-state index is -0.451. The molecular weight excluding hydrogens is 479 g/mol. The molecule has 0 bridgehead atoms. The van der Waals surface area contributed by atoms with E-state index in [1.54, 1.807) is 56.7 Å². The Hall–Kier alpha value is -2.43. The van der Waals surface area contributed by atoms with Crippen molar-refractivity contribution in [3.05, 3.63) is 61.1 Å². The van der Waals surface area contributed by atoms with E-state index >= 15 is 0 Å². The fraction of sp³-hybridized carbons (Fsp3) is 0.150. The van der Waals surface area contributed by atoms with E-state index in [0.29, 0.717) is 36.0 Å². The molecule has 1 aromatic carbocycles. The first-order chi connectivity index (χ1) is 14.7. The van der Waals surface area contributed by atoms with E-state index in [-0.39, 0.29) is 11.7 Å². The van der Waals surface area contributed by atoms with Crippen molar-refractivity contribution in [3.8, 4) is 16.2 Å². The zero-order valence-electron chi connectivity index (χ0n) is 16.7. The number of rotatable bonds is 6. The van der Waals surface area contributed by atoms with Gasteiger partial charge in [0.05, 0.1) is 36.0 Å². The van der Waals surface area contributed by atoms with Crippen molar-refractivity contribution in [2.75, 3.05) is 14.1 Å². The molecule has 3 rings (SSSR count). The maximum absolute atomic E-state index is 12.4. The molecule has 0 spiro atoms. The third-order valence-electron chi connectivity index (χ3n) is 4.04. The second-order valence-electron chi connectivity index (χ2n) is 6.59. The Balaban J connectivity index is 1.73. The van der Waals surface area contributed by atoms with E-state index in [2.05, 4.69) is 16.0 Å². The van der Waals surface area contributed by atoms with Crippen LogP contribution in [0, 0.1) is 0 Å². The number of benzene rings is 1. The van der Waals surface area contributed by atoms with Crippen molar-refractivity contribution in [3.63, 3.8) is 0 Å². The summed E-state index contributed by atoms with van der Waals surface area (Å²) >= 11 is 14.4. The number of hydrazone groups is 1. The van der Waals surface area contributed by atoms with Crippen molar-refractivity contribution in [1.82, 2.24) is 15.9 Å². The van der Waals surface area contributed by atoms with E-state index in [1.807, 2.05) is 0 Å². The predicted octanol–water partition coefficient (Wildman–Crippen LogP) is 4.85. The molecule has 3 N–H and O–H groups in total. The van der Waals surface area contributed by atoms with Crippen LogP contribution >= 0.6 is 45.9 Å². The number of amides is 2. The molecule has 2 amide bonds. The van der Waals surface area contributed by atoms with Gasteiger partial charge in [-0.1, -0.05) is 29.3 Å². The van der Waals surface area contributed by atoms with Crippen LogP contribution in [0.3, 0.4) is 0 Å². The summed E-state index contributed by atoms with van der Waals surface area (Å²) in [4.78, 5) is 25.7. The highest BCUT2D eigenvalue weighted by Gasteiger charge is 2.17. The van der Waals surface area contributed by atoms with Gasteiger partial charge < -0.3 is 5.11 Å². The zero-order chi connectivity index (χ0) is 22.7. The molecule has 7 nitrogen and oxygen atoms in total. The Morgan fingerprint density at radius 3 is 2.39 bits per heavy atom. The summed E-state index contributed by atoms with van der Waals surface area (Å²) < 4.78 is 0. The summed E-state index contributed by atoms with van der Waals surface area (Å²) in [7, 11) is 3.40. The lowest BCUT2D eigenvalue weighted by molar-refractivity contribution is 0.0861. The second-order valence-corrected chi connectivity index (χ2v) is 9.37. The summed E-state index contributed by atoms with van der Waals surface area (Å²) in [6.07, 6.45) is 0. The van der Waals surface area contributed by atoms with Gasteiger partial charge in [-0.3, -0.25) is 15.0 Å². The van der Waals surface area contributed by atoms with E-state index in [4.69, 9.17) is 23.2 Å². The highest BCUT2D eigenvalue weighted by molar-refractivity contribution is 7.16. The van der Waals surface area contributed by atoms with Gasteiger partial charge in [-0.15, -0.1) is 22.7 Å². The minimum Gasteiger partial charge on any atom is -0.506 e. The molecule has 0 saturated carbocycles. The van der Waals surface area contributed by atoms with Gasteiger partial charge in [0.2, 0.25) is 0 Å². The predicted molar refractivity (Wildman–Crippen MR) is 127 cm³/mol. The number of nitrogens with zero attached hydrogens (tertiary/aromatic N) is 2. The first kappa shape index (κ1) is 23.2. The van der Waals surface area contributed by atoms with Gasteiger partial charge in [0.1, 0.15) is 5.75 Å². The molecule has 0 fully saturated rings. The Bertz CT molecular complexity index is 1170. The molecule has 31 heavy (non-hydrogen) atoms. The standard InChI is InChI=1S/C20H18Cl2N4O3S2/c1-10(12-9-30-18(17(12)27)11-4-5-13(21)14(22)8-11)23-24-19(28)15-6-7-16(31-15)20(29)25-26(2)3/h4-9,27H,1-3H3,(H,24,28)(H,25,29)/b23-10-. The molecule has 3 aromatic rings. The first-order valence-corrected chi connectivity index (χ1v) is 11.3. The molecule has 0 saturated heterocycles. The topological polar surface area (TPSA) is 94.0 Å². The number of hydrogen-bond acceptors (Lipinski definition) is 7. The van der Waals surface area contributed by atoms with Crippen LogP contribution in [0.15, 0.2) is 40.8 Å². The Morgan fingerprint density at radius 2 is 1.74 bits per heavy atom. The monoisotopic (exact) mass is 496 g/mol. The van der Waals surface area contributed by atoms with Gasteiger partial charge in [0, 0.05) is 19.5 Å². The van der Waals surface area contributed by atoms with Crippen LogP contribution in [-0.2, 0) is 0 Å². The van der Waals surface area contributed by atoms with Crippen LogP contribution in [0.25, 0.3) is 10.4 Å². The number of thiophene rings is 2. The molecule has 0 radical (unpaired) electrons. The van der Waals surface area contributed by atoms with Crippen molar-refractivity contribution in [2.45, 2.75) is 6.92 Å². The number of hydrogen-bond donors (Lipinski definition) is 3. The van der Waals surface area contributed by atoms with Crippen LogP contribution < -0.4 is 10.9 Å². The van der Waals surface area contributed by atoms with Crippen LogP contribution in [0.5, 0.6) is 5.75 Å². The van der Waals surface area contributed by atoms with Crippen LogP contribution in [-0.4, -0.2) is 41.7 Å². The van der Waals surface area contributed by atoms with Gasteiger partial charge in [0.25, 0.3) is 11.8 Å². The lowest BCUT2D eigenvalue weighted by Crippen LogP contribution is -2.35. The Kier molecular flexibility index (Phi) is 7.34. The van der Waals surface area contributed by atoms with E-state index in [9.17, 15) is 14.7 Å². The summed E-state index contributed by atoms with van der Waals surface area (Å²) in [6, 6.07) is 8.23. The lowest BCUT2D eigenvalue weighted by atomic mass is 10.1. The molecule has 0 aliphatic carbocycles. The van der Waals surface area contributed by atoms with Crippen molar-refractivity contribution in [2.24, 2.45) is 5.10 Å². The van der Waals surface area contributed by atoms with Gasteiger partial charge in [-0.2, -0.15) is 5.10 Å². The molecule has 2 aromatic heterocycles. The number of carbonyl (C=O) groups is 2. The molecule has 11 heteroatoms. The molecular formula is C20H18Cl2N4O3S2. The molecule has 0 aliphatic heterocycles.